The fourth-order valence-electron chi connectivity index (χ4n) is 3.53. The number of methoxy groups -OCH3 is 2. The molecule has 1 heterocycles. The summed E-state index contributed by atoms with van der Waals surface area (Å²) in [6.45, 7) is 2.04. The highest BCUT2D eigenvalue weighted by molar-refractivity contribution is 7.89. The molecule has 0 saturated heterocycles. The third-order valence-electron chi connectivity index (χ3n) is 5.01. The van der Waals surface area contributed by atoms with Gasteiger partial charge in [0.2, 0.25) is 10.0 Å². The zero-order valence-corrected chi connectivity index (χ0v) is 16.9. The quantitative estimate of drug-likeness (QED) is 0.746. The van der Waals surface area contributed by atoms with Crippen molar-refractivity contribution in [2.75, 3.05) is 20.8 Å². The fourth-order valence-corrected chi connectivity index (χ4v) is 4.73. The van der Waals surface area contributed by atoms with Crippen molar-refractivity contribution < 1.29 is 17.9 Å². The number of nitrogens with one attached hydrogen (secondary N) is 1. The highest BCUT2D eigenvalue weighted by atomic mass is 32.2. The van der Waals surface area contributed by atoms with Crippen molar-refractivity contribution in [3.8, 4) is 11.5 Å². The Morgan fingerprint density at radius 1 is 1.19 bits per heavy atom. The number of benzene rings is 1. The van der Waals surface area contributed by atoms with Crippen molar-refractivity contribution in [1.82, 2.24) is 14.5 Å². The molecule has 0 radical (unpaired) electrons. The molecule has 1 N–H and O–H groups in total. The normalized spacial score (nSPS) is 15.2. The van der Waals surface area contributed by atoms with E-state index >= 15 is 0 Å². The second kappa shape index (κ2) is 8.31. The summed E-state index contributed by atoms with van der Waals surface area (Å²) in [7, 11) is -0.426. The van der Waals surface area contributed by atoms with Crippen LogP contribution in [0.4, 0.5) is 0 Å². The lowest BCUT2D eigenvalue weighted by molar-refractivity contribution is 0.354. The molecule has 0 bridgehead atoms. The summed E-state index contributed by atoms with van der Waals surface area (Å²) in [6.07, 6.45) is 6.70. The van der Waals surface area contributed by atoms with Gasteiger partial charge in [-0.05, 0) is 43.9 Å². The molecule has 1 aromatic carbocycles. The van der Waals surface area contributed by atoms with E-state index in [1.165, 1.54) is 12.8 Å². The molecule has 1 aliphatic carbocycles. The maximum Gasteiger partial charge on any atom is 0.243 e. The van der Waals surface area contributed by atoms with Crippen LogP contribution in [0.5, 0.6) is 11.5 Å². The smallest absolute Gasteiger partial charge is 0.243 e. The van der Waals surface area contributed by atoms with Crippen LogP contribution in [-0.2, 0) is 16.4 Å². The second-order valence-corrected chi connectivity index (χ2v) is 8.57. The first-order valence-electron chi connectivity index (χ1n) is 9.21. The van der Waals surface area contributed by atoms with E-state index in [4.69, 9.17) is 9.47 Å². The van der Waals surface area contributed by atoms with Crippen molar-refractivity contribution in [3.63, 3.8) is 0 Å². The predicted octanol–water partition coefficient (Wildman–Crippen LogP) is 2.84. The Balaban J connectivity index is 1.65. The Bertz CT molecular complexity index is 886. The highest BCUT2D eigenvalue weighted by Gasteiger charge is 2.24. The zero-order valence-electron chi connectivity index (χ0n) is 16.1. The van der Waals surface area contributed by atoms with E-state index in [1.54, 1.807) is 27.3 Å². The lowest BCUT2D eigenvalue weighted by Gasteiger charge is -2.10. The Kier molecular flexibility index (Phi) is 6.06. The molecule has 2 aromatic rings. The molecule has 0 atom stereocenters. The molecule has 1 aromatic heterocycles. The van der Waals surface area contributed by atoms with E-state index in [0.29, 0.717) is 36.2 Å². The first kappa shape index (κ1) is 19.7. The van der Waals surface area contributed by atoms with Gasteiger partial charge in [-0.25, -0.2) is 13.1 Å². The van der Waals surface area contributed by atoms with Gasteiger partial charge in [-0.15, -0.1) is 0 Å². The third kappa shape index (κ3) is 4.44. The molecule has 1 fully saturated rings. The molecule has 8 heteroatoms. The molecular formula is C19H27N3O4S. The Labute approximate surface area is 160 Å². The SMILES string of the molecule is COc1ccc(CCNS(=O)(=O)c2cn(C3CCCC3)nc2C)cc1OC. The largest absolute Gasteiger partial charge is 0.493 e. The van der Waals surface area contributed by atoms with Crippen molar-refractivity contribution in [3.05, 3.63) is 35.7 Å². The maximum atomic E-state index is 12.7. The van der Waals surface area contributed by atoms with E-state index in [-0.39, 0.29) is 4.90 Å². The summed E-state index contributed by atoms with van der Waals surface area (Å²) < 4.78 is 40.4. The van der Waals surface area contributed by atoms with Gasteiger partial charge in [-0.1, -0.05) is 18.9 Å². The molecular weight excluding hydrogens is 366 g/mol. The van der Waals surface area contributed by atoms with Gasteiger partial charge in [0.05, 0.1) is 26.0 Å². The van der Waals surface area contributed by atoms with Gasteiger partial charge in [0.25, 0.3) is 0 Å². The molecule has 0 unspecified atom stereocenters. The minimum absolute atomic E-state index is 0.265. The van der Waals surface area contributed by atoms with Gasteiger partial charge >= 0.3 is 0 Å². The van der Waals surface area contributed by atoms with Crippen molar-refractivity contribution in [2.24, 2.45) is 0 Å². The highest BCUT2D eigenvalue weighted by Crippen LogP contribution is 2.30. The molecule has 7 nitrogen and oxygen atoms in total. The summed E-state index contributed by atoms with van der Waals surface area (Å²) >= 11 is 0. The van der Waals surface area contributed by atoms with Gasteiger partial charge in [0.1, 0.15) is 4.90 Å². The van der Waals surface area contributed by atoms with Gasteiger partial charge in [0, 0.05) is 12.7 Å². The van der Waals surface area contributed by atoms with Crippen LogP contribution in [0.1, 0.15) is 43.0 Å². The molecule has 148 valence electrons. The van der Waals surface area contributed by atoms with Crippen molar-refractivity contribution in [1.29, 1.82) is 0 Å². The monoisotopic (exact) mass is 393 g/mol. The van der Waals surface area contributed by atoms with Crippen LogP contribution in [0.3, 0.4) is 0 Å². The van der Waals surface area contributed by atoms with Crippen LogP contribution in [0.15, 0.2) is 29.3 Å². The zero-order chi connectivity index (χ0) is 19.4. The summed E-state index contributed by atoms with van der Waals surface area (Å²) in [6, 6.07) is 5.90. The van der Waals surface area contributed by atoms with Crippen LogP contribution in [-0.4, -0.2) is 39.0 Å². The number of hydrogen-bond acceptors (Lipinski definition) is 5. The van der Waals surface area contributed by atoms with Gasteiger partial charge in [-0.2, -0.15) is 5.10 Å². The molecule has 3 rings (SSSR count). The number of ether oxygens (including phenoxy) is 2. The predicted molar refractivity (Wildman–Crippen MR) is 103 cm³/mol. The summed E-state index contributed by atoms with van der Waals surface area (Å²) in [5.41, 5.74) is 1.51. The number of aromatic nitrogens is 2. The standard InChI is InChI=1S/C19H27N3O4S/c1-14-19(13-22(21-14)16-6-4-5-7-16)27(23,24)20-11-10-15-8-9-17(25-2)18(12-15)26-3/h8-9,12-13,16,20H,4-7,10-11H2,1-3H3. The van der Waals surface area contributed by atoms with Gasteiger partial charge < -0.3 is 9.47 Å². The van der Waals surface area contributed by atoms with E-state index < -0.39 is 10.0 Å². The molecule has 27 heavy (non-hydrogen) atoms. The number of aryl methyl sites for hydroxylation is 1. The first-order valence-corrected chi connectivity index (χ1v) is 10.7. The van der Waals surface area contributed by atoms with E-state index in [1.807, 2.05) is 22.9 Å². The molecule has 1 aliphatic rings. The molecule has 0 amide bonds. The third-order valence-corrected chi connectivity index (χ3v) is 6.58. The van der Waals surface area contributed by atoms with Gasteiger partial charge in [0.15, 0.2) is 11.5 Å². The Hall–Kier alpha value is -2.06. The van der Waals surface area contributed by atoms with Crippen molar-refractivity contribution in [2.45, 2.75) is 50.0 Å². The van der Waals surface area contributed by atoms with Crippen molar-refractivity contribution >= 4 is 10.0 Å². The fraction of sp³-hybridized carbons (Fsp3) is 0.526. The number of sulfonamides is 1. The number of nitrogens with zero attached hydrogens (tertiary/aromatic N) is 2. The Morgan fingerprint density at radius 2 is 1.89 bits per heavy atom. The minimum Gasteiger partial charge on any atom is -0.493 e. The Morgan fingerprint density at radius 3 is 2.56 bits per heavy atom. The lowest BCUT2D eigenvalue weighted by atomic mass is 10.1. The topological polar surface area (TPSA) is 82.5 Å². The summed E-state index contributed by atoms with van der Waals surface area (Å²) in [4.78, 5) is 0.265. The summed E-state index contributed by atoms with van der Waals surface area (Å²) in [5, 5.41) is 4.43. The number of rotatable bonds is 8. The average molecular weight is 394 g/mol. The molecule has 1 saturated carbocycles. The first-order chi connectivity index (χ1) is 12.9. The summed E-state index contributed by atoms with van der Waals surface area (Å²) in [5.74, 6) is 1.28. The lowest BCUT2D eigenvalue weighted by Crippen LogP contribution is -2.26. The minimum atomic E-state index is -3.59. The van der Waals surface area contributed by atoms with Gasteiger partial charge in [-0.3, -0.25) is 4.68 Å². The van der Waals surface area contributed by atoms with Crippen LogP contribution >= 0.6 is 0 Å². The second-order valence-electron chi connectivity index (χ2n) is 6.83. The number of hydrogen-bond donors (Lipinski definition) is 1. The van der Waals surface area contributed by atoms with E-state index in [2.05, 4.69) is 9.82 Å². The maximum absolute atomic E-state index is 12.7. The molecule has 0 aliphatic heterocycles. The van der Waals surface area contributed by atoms with Crippen LogP contribution in [0, 0.1) is 6.92 Å². The average Bonchev–Trinajstić information content (AvgIpc) is 3.31. The van der Waals surface area contributed by atoms with E-state index in [9.17, 15) is 8.42 Å². The van der Waals surface area contributed by atoms with Crippen LogP contribution in [0.2, 0.25) is 0 Å². The molecule has 0 spiro atoms. The van der Waals surface area contributed by atoms with E-state index in [0.717, 1.165) is 18.4 Å². The van der Waals surface area contributed by atoms with Crippen LogP contribution < -0.4 is 14.2 Å². The van der Waals surface area contributed by atoms with Crippen LogP contribution in [0.25, 0.3) is 0 Å².